The molecule has 4 fully saturated rings. The molecule has 4 rings (SSSR count). The summed E-state index contributed by atoms with van der Waals surface area (Å²) in [6.07, 6.45) is 8.19. The summed E-state index contributed by atoms with van der Waals surface area (Å²) >= 11 is 1.79. The molecule has 2 aliphatic heterocycles. The molecule has 0 aromatic heterocycles. The van der Waals surface area contributed by atoms with E-state index in [0.717, 1.165) is 13.2 Å². The van der Waals surface area contributed by atoms with E-state index in [2.05, 4.69) is 27.7 Å². The number of epoxide rings is 2. The number of hydrogen-bond donors (Lipinski definition) is 0. The molecule has 25 heavy (non-hydrogen) atoms. The zero-order valence-corrected chi connectivity index (χ0v) is 17.0. The number of fused-ring (bicyclic) bond motifs is 2. The summed E-state index contributed by atoms with van der Waals surface area (Å²) in [5, 5.41) is 0. The lowest BCUT2D eigenvalue weighted by Gasteiger charge is -2.26. The van der Waals surface area contributed by atoms with Crippen molar-refractivity contribution in [2.75, 3.05) is 13.2 Å². The molecule has 0 radical (unpaired) electrons. The molecule has 8 atom stereocenters. The monoisotopic (exact) mass is 370 g/mol. The fourth-order valence-corrected chi connectivity index (χ4v) is 5.49. The third-order valence-electron chi connectivity index (χ3n) is 6.78. The zero-order valence-electron chi connectivity index (χ0n) is 16.2. The van der Waals surface area contributed by atoms with Crippen LogP contribution in [0.3, 0.4) is 0 Å². The number of hydrogen-bond acceptors (Lipinski definition) is 5. The van der Waals surface area contributed by atoms with Crippen LogP contribution in [0.15, 0.2) is 0 Å². The Balaban J connectivity index is 1.08. The fraction of sp³-hybridized carbons (Fsp3) is 1.00. The average molecular weight is 371 g/mol. The van der Waals surface area contributed by atoms with Crippen molar-refractivity contribution in [1.29, 1.82) is 0 Å². The Morgan fingerprint density at radius 1 is 0.880 bits per heavy atom. The Morgan fingerprint density at radius 3 is 1.72 bits per heavy atom. The summed E-state index contributed by atoms with van der Waals surface area (Å²) in [6.45, 7) is 10.5. The first-order valence-electron chi connectivity index (χ1n) is 10.1. The second kappa shape index (κ2) is 6.97. The van der Waals surface area contributed by atoms with Gasteiger partial charge in [0.25, 0.3) is 0 Å². The summed E-state index contributed by atoms with van der Waals surface area (Å²) in [6, 6.07) is 0. The molecule has 0 N–H and O–H groups in total. The van der Waals surface area contributed by atoms with Crippen molar-refractivity contribution in [2.45, 2.75) is 101 Å². The maximum atomic E-state index is 6.09. The van der Waals surface area contributed by atoms with E-state index in [1.165, 1.54) is 38.5 Å². The highest BCUT2D eigenvalue weighted by atomic mass is 32.2. The molecule has 2 aliphatic carbocycles. The Labute approximate surface area is 156 Å². The second-order valence-electron chi connectivity index (χ2n) is 9.06. The first kappa shape index (κ1) is 18.5. The third-order valence-corrected chi connectivity index (χ3v) is 7.82. The van der Waals surface area contributed by atoms with Crippen molar-refractivity contribution >= 4 is 11.8 Å². The molecule has 2 saturated heterocycles. The molecule has 8 unspecified atom stereocenters. The van der Waals surface area contributed by atoms with Crippen LogP contribution in [0.2, 0.25) is 0 Å². The Morgan fingerprint density at radius 2 is 1.32 bits per heavy atom. The van der Waals surface area contributed by atoms with E-state index in [1.54, 1.807) is 11.8 Å². The van der Waals surface area contributed by atoms with Crippen LogP contribution in [0, 0.1) is 11.8 Å². The lowest BCUT2D eigenvalue weighted by atomic mass is 9.83. The van der Waals surface area contributed by atoms with Gasteiger partial charge in [0.1, 0.15) is 10.9 Å². The fourth-order valence-electron chi connectivity index (χ4n) is 4.63. The van der Waals surface area contributed by atoms with Gasteiger partial charge in [-0.2, -0.15) is 0 Å². The predicted octanol–water partition coefficient (Wildman–Crippen LogP) is 4.36. The average Bonchev–Trinajstić information content (AvgIpc) is 3.43. The van der Waals surface area contributed by atoms with Gasteiger partial charge in [-0.25, -0.2) is 0 Å². The summed E-state index contributed by atoms with van der Waals surface area (Å²) < 4.78 is 23.7. The molecule has 2 heterocycles. The van der Waals surface area contributed by atoms with Gasteiger partial charge in [0, 0.05) is 0 Å². The third kappa shape index (κ3) is 4.37. The minimum Gasteiger partial charge on any atom is -0.368 e. The highest BCUT2D eigenvalue weighted by molar-refractivity contribution is 8.00. The van der Waals surface area contributed by atoms with Gasteiger partial charge in [-0.1, -0.05) is 11.8 Å². The molecule has 144 valence electrons. The van der Waals surface area contributed by atoms with E-state index < -0.39 is 0 Å². The topological polar surface area (TPSA) is 43.5 Å². The minimum absolute atomic E-state index is 0.185. The van der Waals surface area contributed by atoms with Crippen molar-refractivity contribution in [1.82, 2.24) is 0 Å². The van der Waals surface area contributed by atoms with E-state index >= 15 is 0 Å². The van der Waals surface area contributed by atoms with Crippen LogP contribution in [0.25, 0.3) is 0 Å². The molecule has 0 aromatic rings. The van der Waals surface area contributed by atoms with Crippen LogP contribution < -0.4 is 0 Å². The Bertz CT molecular complexity index is 446. The van der Waals surface area contributed by atoms with E-state index in [-0.39, 0.29) is 22.1 Å². The normalized spacial score (nSPS) is 47.5. The second-order valence-corrected chi connectivity index (χ2v) is 10.7. The molecular weight excluding hydrogens is 336 g/mol. The summed E-state index contributed by atoms with van der Waals surface area (Å²) in [5.74, 6) is 1.32. The van der Waals surface area contributed by atoms with Gasteiger partial charge in [0.2, 0.25) is 0 Å². The van der Waals surface area contributed by atoms with Gasteiger partial charge in [-0.3, -0.25) is 0 Å². The minimum atomic E-state index is 0.185. The molecule has 4 aliphatic rings. The van der Waals surface area contributed by atoms with Gasteiger partial charge in [-0.05, 0) is 78.1 Å². The number of ether oxygens (including phenoxy) is 4. The van der Waals surface area contributed by atoms with E-state index in [0.29, 0.717) is 24.0 Å². The smallest absolute Gasteiger partial charge is 0.102 e. The van der Waals surface area contributed by atoms with E-state index in [1.807, 2.05) is 0 Å². The Kier molecular flexibility index (Phi) is 5.17. The van der Waals surface area contributed by atoms with Gasteiger partial charge in [0.05, 0.1) is 36.6 Å². The van der Waals surface area contributed by atoms with Gasteiger partial charge < -0.3 is 18.9 Å². The first-order valence-corrected chi connectivity index (χ1v) is 11.0. The molecule has 0 aromatic carbocycles. The van der Waals surface area contributed by atoms with Crippen molar-refractivity contribution in [3.8, 4) is 0 Å². The summed E-state index contributed by atoms with van der Waals surface area (Å²) in [5.41, 5.74) is 0.789. The summed E-state index contributed by atoms with van der Waals surface area (Å²) in [7, 11) is 0. The molecule has 0 bridgehead atoms. The van der Waals surface area contributed by atoms with Gasteiger partial charge >= 0.3 is 0 Å². The maximum absolute atomic E-state index is 6.09. The molecule has 0 amide bonds. The van der Waals surface area contributed by atoms with E-state index in [4.69, 9.17) is 18.9 Å². The largest absolute Gasteiger partial charge is 0.368 e. The standard InChI is InChI=1S/C20H34O4S/c1-13(21-11-15-5-7-19(3)17(9-15)23-19)25-14(2)22-12-16-6-8-20(4)18(10-16)24-20/h13-18H,5-12H2,1-4H3. The van der Waals surface area contributed by atoms with Gasteiger partial charge in [0.15, 0.2) is 0 Å². The lowest BCUT2D eigenvalue weighted by Crippen LogP contribution is -2.26. The van der Waals surface area contributed by atoms with Crippen molar-refractivity contribution in [2.24, 2.45) is 11.8 Å². The van der Waals surface area contributed by atoms with Crippen LogP contribution in [-0.2, 0) is 18.9 Å². The van der Waals surface area contributed by atoms with Crippen molar-refractivity contribution in [3.05, 3.63) is 0 Å². The van der Waals surface area contributed by atoms with Crippen LogP contribution >= 0.6 is 11.8 Å². The first-order chi connectivity index (χ1) is 11.9. The highest BCUT2D eigenvalue weighted by Gasteiger charge is 2.55. The van der Waals surface area contributed by atoms with Crippen molar-refractivity contribution < 1.29 is 18.9 Å². The summed E-state index contributed by atoms with van der Waals surface area (Å²) in [4.78, 5) is 0. The maximum Gasteiger partial charge on any atom is 0.102 e. The van der Waals surface area contributed by atoms with Crippen LogP contribution in [0.5, 0.6) is 0 Å². The Hall–Kier alpha value is 0.190. The molecule has 4 nitrogen and oxygen atoms in total. The van der Waals surface area contributed by atoms with Crippen molar-refractivity contribution in [3.63, 3.8) is 0 Å². The molecular formula is C20H34O4S. The molecule has 5 heteroatoms. The van der Waals surface area contributed by atoms with Crippen LogP contribution in [0.1, 0.15) is 66.2 Å². The van der Waals surface area contributed by atoms with E-state index in [9.17, 15) is 0 Å². The lowest BCUT2D eigenvalue weighted by molar-refractivity contribution is 0.0620. The SMILES string of the molecule is CC(OCC1CCC2(C)OC2C1)SC(C)OCC1CCC2(C)OC2C1. The predicted molar refractivity (Wildman–Crippen MR) is 99.7 cm³/mol. The van der Waals surface area contributed by atoms with Crippen LogP contribution in [-0.4, -0.2) is 47.5 Å². The number of rotatable bonds is 8. The zero-order chi connectivity index (χ0) is 17.7. The van der Waals surface area contributed by atoms with Gasteiger partial charge in [-0.15, -0.1) is 0 Å². The quantitative estimate of drug-likeness (QED) is 0.469. The molecule has 2 saturated carbocycles. The van der Waals surface area contributed by atoms with Crippen LogP contribution in [0.4, 0.5) is 0 Å². The highest BCUT2D eigenvalue weighted by Crippen LogP contribution is 2.50. The molecule has 0 spiro atoms. The number of thioether (sulfide) groups is 1.